The quantitative estimate of drug-likeness (QED) is 0.0756. The van der Waals surface area contributed by atoms with E-state index < -0.39 is 53.2 Å². The number of carbonyl (C=O) groups excluding carboxylic acids is 8. The van der Waals surface area contributed by atoms with Crippen LogP contribution in [0.1, 0.15) is 67.1 Å². The summed E-state index contributed by atoms with van der Waals surface area (Å²) in [6.07, 6.45) is 1.29. The molecule has 0 aliphatic carbocycles. The summed E-state index contributed by atoms with van der Waals surface area (Å²) in [7, 11) is 0. The summed E-state index contributed by atoms with van der Waals surface area (Å²) in [5.74, 6) is -5.43. The van der Waals surface area contributed by atoms with Crippen molar-refractivity contribution in [2.45, 2.75) is 31.7 Å². The molecule has 0 spiro atoms. The van der Waals surface area contributed by atoms with E-state index in [1.165, 1.54) is 12.1 Å². The molecule has 0 saturated carbocycles. The van der Waals surface area contributed by atoms with Crippen molar-refractivity contribution in [3.63, 3.8) is 0 Å². The van der Waals surface area contributed by atoms with Gasteiger partial charge < -0.3 is 4.74 Å². The number of ether oxygens (including phenoxy) is 1. The first kappa shape index (κ1) is 31.5. The van der Waals surface area contributed by atoms with Crippen molar-refractivity contribution in [3.05, 3.63) is 70.3 Å². The average Bonchev–Trinajstić information content (AvgIpc) is 3.37. The predicted octanol–water partition coefficient (Wildman–Crippen LogP) is -2.63. The van der Waals surface area contributed by atoms with E-state index in [4.69, 9.17) is 3.95 Å². The van der Waals surface area contributed by atoms with Crippen LogP contribution in [0.5, 0.6) is 0 Å². The molecular weight excluding hydrogens is 689 g/mol. The number of esters is 2. The Morgan fingerprint density at radius 3 is 1.88 bits per heavy atom. The number of alkyl halides is 1. The first-order valence-electron chi connectivity index (χ1n) is 12.6. The van der Waals surface area contributed by atoms with E-state index in [9.17, 15) is 47.1 Å². The van der Waals surface area contributed by atoms with Crippen molar-refractivity contribution in [3.8, 4) is 0 Å². The zero-order chi connectivity index (χ0) is 31.4. The van der Waals surface area contributed by atoms with Crippen molar-refractivity contribution in [2.24, 2.45) is 9.86 Å². The second-order valence-corrected chi connectivity index (χ2v) is 11.2. The van der Waals surface area contributed by atoms with Gasteiger partial charge in [-0.3, -0.25) is 29.4 Å². The molecule has 2 fully saturated rings. The predicted molar refractivity (Wildman–Crippen MR) is 134 cm³/mol. The van der Waals surface area contributed by atoms with Crippen LogP contribution in [0.25, 0.3) is 0 Å². The monoisotopic (exact) mass is 711 g/mol. The summed E-state index contributed by atoms with van der Waals surface area (Å²) in [5.41, 5.74) is 0.141. The molecule has 6 amide bonds. The van der Waals surface area contributed by atoms with E-state index in [0.29, 0.717) is 12.8 Å². The summed E-state index contributed by atoms with van der Waals surface area (Å²) in [6.45, 7) is 0. The fraction of sp³-hybridized carbons (Fsp3) is 0.259. The van der Waals surface area contributed by atoms with Crippen molar-refractivity contribution in [1.29, 1.82) is 0 Å². The number of piperidine rings is 2. The van der Waals surface area contributed by atoms with Crippen LogP contribution in [0.3, 0.4) is 0 Å². The van der Waals surface area contributed by atoms with Crippen molar-refractivity contribution in [1.82, 2.24) is 15.5 Å². The Labute approximate surface area is 252 Å². The molecule has 2 saturated heterocycles. The van der Waals surface area contributed by atoms with Gasteiger partial charge in [0.25, 0.3) is 11.8 Å². The first-order chi connectivity index (χ1) is 20.4. The number of nitrogens with two attached hydrogens (primary N) is 1. The summed E-state index contributed by atoms with van der Waals surface area (Å²) >= 11 is -0.332. The molecule has 13 nitrogen and oxygen atoms in total. The second kappa shape index (κ2) is 13.2. The van der Waals surface area contributed by atoms with Crippen LogP contribution in [0.4, 0.5) is 8.78 Å². The van der Waals surface area contributed by atoms with Crippen LogP contribution in [0, 0.1) is 17.6 Å². The molecule has 4 N–H and O–H groups in total. The standard InChI is InChI=1S/C13H9FN2O4.C8H3FO3.C6H10IN2O2/c14-6-1-2-7-8(5-6)13(20)16(12(7)19)9-3-4-10(17)15-11(9)18;9-4-1-2-5-6(3-4)8(11)12-7(5)10;8-7-3-4-1-2-5(10)9-6(4)11/h1-2,5,9H,3-4H2,(H,15,17,18);1-3H;4H,1-3,8H2,(H,9,10,11)/q;;-1. The van der Waals surface area contributed by atoms with Crippen LogP contribution >= 0.6 is 0 Å². The number of nitrogens with zero attached hydrogens (tertiary/aromatic N) is 1. The molecule has 4 aliphatic rings. The Kier molecular flexibility index (Phi) is 9.70. The first-order valence-corrected chi connectivity index (χ1v) is 15.4. The van der Waals surface area contributed by atoms with Gasteiger partial charge >= 0.3 is 87.3 Å². The van der Waals surface area contributed by atoms with Crippen LogP contribution in [-0.4, -0.2) is 62.8 Å². The third-order valence-corrected chi connectivity index (χ3v) is 8.21. The molecule has 2 atom stereocenters. The summed E-state index contributed by atoms with van der Waals surface area (Å²) in [6, 6.07) is 5.58. The fourth-order valence-electron chi connectivity index (χ4n) is 4.49. The largest absolute Gasteiger partial charge is 0.386 e. The SMILES string of the molecule is N[I-]CC1CCC(=O)NC1=O.O=C1CCC(N2C(=O)c3ccc(F)cc3C2=O)C(=O)N1.O=C1OC(=O)c2cc(F)ccc21. The third kappa shape index (κ3) is 6.96. The number of halogens is 3. The summed E-state index contributed by atoms with van der Waals surface area (Å²) in [4.78, 5) is 91.3. The third-order valence-electron chi connectivity index (χ3n) is 6.64. The van der Waals surface area contributed by atoms with E-state index in [2.05, 4.69) is 15.4 Å². The molecule has 0 radical (unpaired) electrons. The maximum atomic E-state index is 13.2. The van der Waals surface area contributed by atoms with Gasteiger partial charge in [-0.25, -0.2) is 18.4 Å². The minimum atomic E-state index is -1.02. The van der Waals surface area contributed by atoms with Crippen molar-refractivity contribution in [2.75, 3.05) is 4.43 Å². The molecule has 0 aromatic heterocycles. The minimum Gasteiger partial charge on any atom is -0.386 e. The van der Waals surface area contributed by atoms with Crippen molar-refractivity contribution >= 4 is 47.4 Å². The van der Waals surface area contributed by atoms with E-state index >= 15 is 0 Å². The zero-order valence-corrected chi connectivity index (χ0v) is 24.1. The van der Waals surface area contributed by atoms with E-state index in [-0.39, 0.29) is 74.3 Å². The molecule has 226 valence electrons. The van der Waals surface area contributed by atoms with Gasteiger partial charge in [0.15, 0.2) is 0 Å². The molecule has 6 rings (SSSR count). The van der Waals surface area contributed by atoms with E-state index in [1.807, 2.05) is 0 Å². The molecule has 4 heterocycles. The number of hydrogen-bond acceptors (Lipinski definition) is 10. The van der Waals surface area contributed by atoms with Crippen LogP contribution in [0.15, 0.2) is 36.4 Å². The maximum Gasteiger partial charge on any atom is 0.347 e. The molecule has 2 aromatic carbocycles. The number of fused-ring (bicyclic) bond motifs is 2. The van der Waals surface area contributed by atoms with Gasteiger partial charge in [0.1, 0.15) is 17.7 Å². The van der Waals surface area contributed by atoms with E-state index in [1.54, 1.807) is 0 Å². The Bertz CT molecular complexity index is 1580. The summed E-state index contributed by atoms with van der Waals surface area (Å²) < 4.78 is 36.1. The van der Waals surface area contributed by atoms with Gasteiger partial charge in [0.2, 0.25) is 11.8 Å². The van der Waals surface area contributed by atoms with E-state index in [0.717, 1.165) is 33.6 Å². The number of imide groups is 3. The molecule has 4 aliphatic heterocycles. The van der Waals surface area contributed by atoms with Gasteiger partial charge in [-0.1, -0.05) is 0 Å². The zero-order valence-electron chi connectivity index (χ0n) is 22.0. The molecule has 2 aromatic rings. The Balaban J connectivity index is 0.000000158. The topological polar surface area (TPSA) is 199 Å². The average molecular weight is 711 g/mol. The van der Waals surface area contributed by atoms with Crippen LogP contribution < -0.4 is 36.1 Å². The Morgan fingerprint density at radius 2 is 1.28 bits per heavy atom. The normalized spacial score (nSPS) is 20.8. The Morgan fingerprint density at radius 1 is 0.744 bits per heavy atom. The number of carbonyl (C=O) groups is 8. The van der Waals surface area contributed by atoms with Gasteiger partial charge in [-0.15, -0.1) is 0 Å². The van der Waals surface area contributed by atoms with Gasteiger partial charge in [-0.2, -0.15) is 0 Å². The maximum absolute atomic E-state index is 13.2. The Hall–Kier alpha value is -4.45. The second-order valence-electron chi connectivity index (χ2n) is 9.46. The number of rotatable bonds is 3. The number of nitrogens with one attached hydrogen (secondary N) is 2. The fourth-order valence-corrected chi connectivity index (χ4v) is 5.95. The molecule has 43 heavy (non-hydrogen) atoms. The molecule has 0 bridgehead atoms. The summed E-state index contributed by atoms with van der Waals surface area (Å²) in [5, 5.41) is 4.39. The van der Waals surface area contributed by atoms with Crippen LogP contribution in [-0.2, 0) is 23.9 Å². The van der Waals surface area contributed by atoms with Gasteiger partial charge in [0, 0.05) is 6.42 Å². The molecule has 16 heteroatoms. The number of cyclic esters (lactones) is 2. The number of benzene rings is 2. The smallest absolute Gasteiger partial charge is 0.347 e. The van der Waals surface area contributed by atoms with Crippen molar-refractivity contribution < 1.29 is 73.4 Å². The van der Waals surface area contributed by atoms with Gasteiger partial charge in [-0.05, 0) is 42.8 Å². The molecular formula is C27H22F2IN4O9-. The minimum absolute atomic E-state index is 0.000000000000000444. The van der Waals surface area contributed by atoms with Crippen LogP contribution in [0.2, 0.25) is 0 Å². The molecule has 2 unspecified atom stereocenters. The number of amides is 6. The number of hydrogen-bond donors (Lipinski definition) is 3. The van der Waals surface area contributed by atoms with Gasteiger partial charge in [0.05, 0.1) is 22.3 Å².